The normalized spacial score (nSPS) is 16.2. The van der Waals surface area contributed by atoms with E-state index in [1.165, 1.54) is 0 Å². The zero-order valence-electron chi connectivity index (χ0n) is 27.3. The highest BCUT2D eigenvalue weighted by Crippen LogP contribution is 2.56. The zero-order chi connectivity index (χ0) is 33.9. The van der Waals surface area contributed by atoms with Gasteiger partial charge in [-0.05, 0) is 71.3 Å². The van der Waals surface area contributed by atoms with E-state index in [-0.39, 0.29) is 11.5 Å². The first-order valence-corrected chi connectivity index (χ1v) is 16.0. The van der Waals surface area contributed by atoms with E-state index in [2.05, 4.69) is 35.4 Å². The van der Waals surface area contributed by atoms with Crippen LogP contribution < -0.4 is 21.5 Å². The molecule has 0 fully saturated rings. The predicted molar refractivity (Wildman–Crippen MR) is 194 cm³/mol. The second kappa shape index (κ2) is 11.5. The Labute approximate surface area is 280 Å². The van der Waals surface area contributed by atoms with Crippen molar-refractivity contribution < 1.29 is 9.68 Å². The van der Waals surface area contributed by atoms with Crippen LogP contribution in [0.4, 0.5) is 17.1 Å². The van der Waals surface area contributed by atoms with Crippen LogP contribution in [0, 0.1) is 17.9 Å². The molecule has 5 aromatic rings. The maximum absolute atomic E-state index is 15.0. The molecule has 234 valence electrons. The maximum atomic E-state index is 15.0. The predicted octanol–water partition coefficient (Wildman–Crippen LogP) is 6.71. The second-order valence-corrected chi connectivity index (χ2v) is 12.2. The van der Waals surface area contributed by atoms with Crippen LogP contribution in [0.5, 0.6) is 0 Å². The Morgan fingerprint density at radius 1 is 0.771 bits per heavy atom. The Balaban J connectivity index is 1.71. The van der Waals surface area contributed by atoms with Gasteiger partial charge in [0.2, 0.25) is 5.71 Å². The molecule has 7 rings (SSSR count). The van der Waals surface area contributed by atoms with Crippen molar-refractivity contribution in [2.75, 3.05) is 43.6 Å². The number of benzene rings is 5. The van der Waals surface area contributed by atoms with Crippen LogP contribution >= 0.6 is 0 Å². The van der Waals surface area contributed by atoms with E-state index in [0.717, 1.165) is 62.9 Å². The number of nitrogens with two attached hydrogens (primary N) is 2. The summed E-state index contributed by atoms with van der Waals surface area (Å²) >= 11 is 0. The molecule has 0 heterocycles. The van der Waals surface area contributed by atoms with Gasteiger partial charge in [-0.15, -0.1) is 0 Å². The Hall–Kier alpha value is -6.31. The van der Waals surface area contributed by atoms with Crippen LogP contribution in [0.15, 0.2) is 108 Å². The third-order valence-electron chi connectivity index (χ3n) is 9.54. The molecule has 4 N–H and O–H groups in total. The number of nitriles is 1. The van der Waals surface area contributed by atoms with Crippen LogP contribution in [0.25, 0.3) is 37.5 Å². The minimum Gasteiger partial charge on any atom is -0.872 e. The fraction of sp³-hybridized carbons (Fsp3) is 0.146. The van der Waals surface area contributed by atoms with E-state index in [9.17, 15) is 5.26 Å². The molecule has 0 unspecified atom stereocenters. The third-order valence-corrected chi connectivity index (χ3v) is 9.54. The van der Waals surface area contributed by atoms with Gasteiger partial charge in [-0.2, -0.15) is 0 Å². The summed E-state index contributed by atoms with van der Waals surface area (Å²) in [5.74, 6) is -0.251. The van der Waals surface area contributed by atoms with Crippen molar-refractivity contribution in [3.8, 4) is 6.07 Å². The summed E-state index contributed by atoms with van der Waals surface area (Å²) in [5, 5.41) is 28.8. The third kappa shape index (κ3) is 4.15. The molecule has 0 atom stereocenters. The summed E-state index contributed by atoms with van der Waals surface area (Å²) in [7, 11) is 3.97. The minimum atomic E-state index is -0.251. The molecule has 0 saturated carbocycles. The van der Waals surface area contributed by atoms with Gasteiger partial charge in [0.15, 0.2) is 0 Å². The van der Waals surface area contributed by atoms with Crippen molar-refractivity contribution in [1.82, 2.24) is 0 Å². The van der Waals surface area contributed by atoms with Crippen molar-refractivity contribution in [3.63, 3.8) is 0 Å². The molecule has 0 radical (unpaired) electrons. The van der Waals surface area contributed by atoms with Crippen LogP contribution in [0.1, 0.15) is 41.7 Å². The average Bonchev–Trinajstić information content (AvgIpc) is 3.09. The topological polar surface area (TPSA) is 110 Å². The highest BCUT2D eigenvalue weighted by atomic mass is 16.3. The van der Waals surface area contributed by atoms with E-state index < -0.39 is 0 Å². The number of nitrogen functional groups attached to an aromatic ring is 2. The highest BCUT2D eigenvalue weighted by Gasteiger charge is 2.39. The van der Waals surface area contributed by atoms with Crippen LogP contribution in [-0.4, -0.2) is 37.5 Å². The molecule has 5 aromatic carbocycles. The van der Waals surface area contributed by atoms with Gasteiger partial charge in [0, 0.05) is 52.8 Å². The second-order valence-electron chi connectivity index (χ2n) is 12.2. The Kier molecular flexibility index (Phi) is 7.27. The fourth-order valence-electron chi connectivity index (χ4n) is 7.61. The van der Waals surface area contributed by atoms with Gasteiger partial charge in [0.1, 0.15) is 13.1 Å². The minimum absolute atomic E-state index is 0.150. The van der Waals surface area contributed by atoms with Gasteiger partial charge in [-0.3, -0.25) is 0 Å². The summed E-state index contributed by atoms with van der Waals surface area (Å²) in [6.45, 7) is 13.9. The number of allylic oxidation sites excluding steroid dienone is 3. The van der Waals surface area contributed by atoms with Gasteiger partial charge >= 0.3 is 0 Å². The molecular weight excluding hydrogens is 592 g/mol. The molecule has 2 aliphatic carbocycles. The zero-order valence-corrected chi connectivity index (χ0v) is 27.3. The summed E-state index contributed by atoms with van der Waals surface area (Å²) in [4.78, 5) is 5.74. The lowest BCUT2D eigenvalue weighted by atomic mass is 9.69. The lowest BCUT2D eigenvalue weighted by Gasteiger charge is -2.41. The summed E-state index contributed by atoms with van der Waals surface area (Å²) in [5.41, 5.74) is 22.1. The van der Waals surface area contributed by atoms with Crippen molar-refractivity contribution in [1.29, 1.82) is 5.26 Å². The lowest BCUT2D eigenvalue weighted by Crippen LogP contribution is -2.31. The first-order valence-electron chi connectivity index (χ1n) is 16.0. The molecule has 0 amide bonds. The Bertz CT molecular complexity index is 2420. The molecule has 7 heteroatoms. The van der Waals surface area contributed by atoms with Gasteiger partial charge in [0.25, 0.3) is 5.70 Å². The first-order chi connectivity index (χ1) is 23.3. The SMILES string of the molecule is [C-]#[N+]/C(C#N)=C1C(c2c3ccccc3c(N(C)C)c3cccc(N)c23)=C([O-])C/1=C1\c2ccccc2C(=[N+](CC)CC)c2cccc(N)c21. The smallest absolute Gasteiger partial charge is 0.270 e. The van der Waals surface area contributed by atoms with E-state index >= 15 is 5.11 Å². The maximum Gasteiger partial charge on any atom is 0.270 e. The van der Waals surface area contributed by atoms with Crippen LogP contribution in [0.3, 0.4) is 0 Å². The molecule has 0 saturated heterocycles. The van der Waals surface area contributed by atoms with Crippen molar-refractivity contribution >= 4 is 55.5 Å². The Morgan fingerprint density at radius 3 is 2.04 bits per heavy atom. The van der Waals surface area contributed by atoms with Crippen molar-refractivity contribution in [3.05, 3.63) is 147 Å². The van der Waals surface area contributed by atoms with Gasteiger partial charge < -0.3 is 21.5 Å². The molecule has 0 bridgehead atoms. The number of hydrogen-bond acceptors (Lipinski definition) is 5. The largest absolute Gasteiger partial charge is 0.872 e. The standard InChI is InChI=1S/C41H34N6O/c1-6-47(7-2)40-26-17-11-9-15-24(26)35(33-28(40)19-13-21-30(33)44)38-36(31(22-42)45-3)37(41(38)48)34-23-14-8-10-16-25(23)39(46(4)5)27-18-12-20-29(43)32(27)34/h8-21H,6-7,43-44H2,1-2,4-5H3/b36-31-. The van der Waals surface area contributed by atoms with Gasteiger partial charge in [-0.1, -0.05) is 66.4 Å². The molecule has 0 aliphatic heterocycles. The van der Waals surface area contributed by atoms with E-state index in [4.69, 9.17) is 18.0 Å². The number of anilines is 3. The van der Waals surface area contributed by atoms with E-state index in [1.54, 1.807) is 0 Å². The molecule has 7 nitrogen and oxygen atoms in total. The molecule has 0 aromatic heterocycles. The van der Waals surface area contributed by atoms with Crippen LogP contribution in [0.2, 0.25) is 0 Å². The van der Waals surface area contributed by atoms with Crippen molar-refractivity contribution in [2.45, 2.75) is 13.8 Å². The molecular formula is C41H34N6O. The van der Waals surface area contributed by atoms with Crippen molar-refractivity contribution in [2.24, 2.45) is 0 Å². The number of hydrogen-bond donors (Lipinski definition) is 2. The first kappa shape index (κ1) is 30.3. The Morgan fingerprint density at radius 2 is 1.38 bits per heavy atom. The molecule has 48 heavy (non-hydrogen) atoms. The van der Waals surface area contributed by atoms with Gasteiger partial charge in [-0.25, -0.2) is 14.7 Å². The van der Waals surface area contributed by atoms with E-state index in [1.807, 2.05) is 97.9 Å². The highest BCUT2D eigenvalue weighted by molar-refractivity contribution is 6.27. The number of nitrogens with zero attached hydrogens (tertiary/aromatic N) is 4. The average molecular weight is 627 g/mol. The van der Waals surface area contributed by atoms with Crippen LogP contribution in [-0.2, 0) is 0 Å². The summed E-state index contributed by atoms with van der Waals surface area (Å²) in [6, 6.07) is 29.6. The van der Waals surface area contributed by atoms with Gasteiger partial charge in [0.05, 0.1) is 29.5 Å². The molecule has 0 spiro atoms. The summed E-state index contributed by atoms with van der Waals surface area (Å²) in [6.07, 6.45) is 0. The fourth-order valence-corrected chi connectivity index (χ4v) is 7.61. The monoisotopic (exact) mass is 626 g/mol. The van der Waals surface area contributed by atoms with E-state index in [0.29, 0.717) is 44.6 Å². The number of fused-ring (bicyclic) bond motifs is 4. The summed E-state index contributed by atoms with van der Waals surface area (Å²) < 4.78 is 2.29. The quantitative estimate of drug-likeness (QED) is 0.0743. The number of rotatable bonds is 4. The molecule has 2 aliphatic rings. The lowest BCUT2D eigenvalue weighted by molar-refractivity contribution is -0.519.